The van der Waals surface area contributed by atoms with Crippen LogP contribution in [-0.4, -0.2) is 20.0 Å². The summed E-state index contributed by atoms with van der Waals surface area (Å²) in [5.74, 6) is 1.66. The third-order valence-electron chi connectivity index (χ3n) is 4.51. The number of hydrogen-bond acceptors (Lipinski definition) is 4. The summed E-state index contributed by atoms with van der Waals surface area (Å²) in [6, 6.07) is 2.51. The summed E-state index contributed by atoms with van der Waals surface area (Å²) in [6.45, 7) is 1.02. The average Bonchev–Trinajstić information content (AvgIpc) is 2.72. The maximum absolute atomic E-state index is 9.51. The van der Waals surface area contributed by atoms with Gasteiger partial charge in [0, 0.05) is 13.0 Å². The van der Waals surface area contributed by atoms with Crippen molar-refractivity contribution >= 4 is 11.8 Å². The van der Waals surface area contributed by atoms with E-state index >= 15 is 0 Å². The van der Waals surface area contributed by atoms with Crippen molar-refractivity contribution in [2.45, 2.75) is 74.7 Å². The number of hydrogen-bond donors (Lipinski definition) is 0. The van der Waals surface area contributed by atoms with E-state index in [4.69, 9.17) is 0 Å². The second kappa shape index (κ2) is 6.62. The van der Waals surface area contributed by atoms with Crippen LogP contribution in [0.1, 0.15) is 57.2 Å². The summed E-state index contributed by atoms with van der Waals surface area (Å²) in [5.41, 5.74) is 0. The highest BCUT2D eigenvalue weighted by atomic mass is 32.2. The molecule has 1 aromatic rings. The molecule has 1 aromatic heterocycles. The molecule has 1 unspecified atom stereocenters. The summed E-state index contributed by atoms with van der Waals surface area (Å²) in [5, 5.41) is 19.2. The number of rotatable bonds is 3. The van der Waals surface area contributed by atoms with Crippen molar-refractivity contribution in [3.05, 3.63) is 5.82 Å². The van der Waals surface area contributed by atoms with Gasteiger partial charge in [-0.05, 0) is 31.6 Å². The predicted molar refractivity (Wildman–Crippen MR) is 79.4 cm³/mol. The second-order valence-corrected chi connectivity index (χ2v) is 7.04. The zero-order valence-corrected chi connectivity index (χ0v) is 12.7. The smallest absolute Gasteiger partial charge is 0.192 e. The van der Waals surface area contributed by atoms with Crippen molar-refractivity contribution in [1.29, 1.82) is 5.26 Å². The monoisotopic (exact) mass is 290 g/mol. The van der Waals surface area contributed by atoms with Crippen molar-refractivity contribution < 1.29 is 0 Å². The van der Waals surface area contributed by atoms with Gasteiger partial charge < -0.3 is 4.57 Å². The molecule has 4 nitrogen and oxygen atoms in total. The van der Waals surface area contributed by atoms with Gasteiger partial charge in [-0.25, -0.2) is 0 Å². The number of aryl methyl sites for hydroxylation is 1. The van der Waals surface area contributed by atoms with Gasteiger partial charge in [0.05, 0.1) is 6.07 Å². The van der Waals surface area contributed by atoms with Crippen LogP contribution in [0.5, 0.6) is 0 Å². The lowest BCUT2D eigenvalue weighted by Crippen LogP contribution is -2.19. The van der Waals surface area contributed by atoms with Gasteiger partial charge in [0.2, 0.25) is 0 Å². The molecule has 3 rings (SSSR count). The van der Waals surface area contributed by atoms with Crippen LogP contribution >= 0.6 is 11.8 Å². The molecule has 0 bridgehead atoms. The molecule has 20 heavy (non-hydrogen) atoms. The zero-order valence-electron chi connectivity index (χ0n) is 11.9. The first kappa shape index (κ1) is 13.9. The Labute approximate surface area is 125 Å². The Hall–Kier alpha value is -1.02. The molecule has 2 heterocycles. The molecule has 0 saturated heterocycles. The second-order valence-electron chi connectivity index (χ2n) is 5.93. The van der Waals surface area contributed by atoms with Crippen LogP contribution in [-0.2, 0) is 13.0 Å². The van der Waals surface area contributed by atoms with Gasteiger partial charge in [-0.1, -0.05) is 37.4 Å². The Bertz CT molecular complexity index is 485. The molecule has 0 amide bonds. The normalized spacial score (nSPS) is 21.8. The molecule has 5 heteroatoms. The van der Waals surface area contributed by atoms with Gasteiger partial charge in [-0.3, -0.25) is 0 Å². The van der Waals surface area contributed by atoms with Gasteiger partial charge in [0.15, 0.2) is 5.16 Å². The number of fused-ring (bicyclic) bond motifs is 1. The number of aromatic nitrogens is 3. The Morgan fingerprint density at radius 3 is 2.70 bits per heavy atom. The van der Waals surface area contributed by atoms with Gasteiger partial charge in [0.1, 0.15) is 11.1 Å². The Balaban J connectivity index is 1.72. The third-order valence-corrected chi connectivity index (χ3v) is 5.77. The zero-order chi connectivity index (χ0) is 13.8. The van der Waals surface area contributed by atoms with E-state index in [-0.39, 0.29) is 5.25 Å². The summed E-state index contributed by atoms with van der Waals surface area (Å²) in [4.78, 5) is 0. The summed E-state index contributed by atoms with van der Waals surface area (Å²) in [7, 11) is 0. The fraction of sp³-hybridized carbons (Fsp3) is 0.800. The van der Waals surface area contributed by atoms with E-state index in [9.17, 15) is 5.26 Å². The SMILES string of the molecule is N#CC(Sc1nnc2n1CCCCC2)C1CCCCC1. The van der Waals surface area contributed by atoms with E-state index in [0.29, 0.717) is 5.92 Å². The number of thioether (sulfide) groups is 1. The Kier molecular flexibility index (Phi) is 4.62. The van der Waals surface area contributed by atoms with Crippen LogP contribution in [0.25, 0.3) is 0 Å². The maximum Gasteiger partial charge on any atom is 0.192 e. The van der Waals surface area contributed by atoms with E-state index in [1.165, 1.54) is 51.4 Å². The largest absolute Gasteiger partial charge is 0.306 e. The molecule has 0 aromatic carbocycles. The van der Waals surface area contributed by atoms with Crippen molar-refractivity contribution in [3.63, 3.8) is 0 Å². The van der Waals surface area contributed by atoms with Crippen molar-refractivity contribution in [1.82, 2.24) is 14.8 Å². The van der Waals surface area contributed by atoms with E-state index in [0.717, 1.165) is 23.9 Å². The average molecular weight is 290 g/mol. The molecule has 1 aliphatic heterocycles. The Morgan fingerprint density at radius 2 is 1.90 bits per heavy atom. The lowest BCUT2D eigenvalue weighted by atomic mass is 9.87. The molecule has 1 saturated carbocycles. The molecular formula is C15H22N4S. The van der Waals surface area contributed by atoms with Gasteiger partial charge in [0.25, 0.3) is 0 Å². The van der Waals surface area contributed by atoms with Gasteiger partial charge in [-0.2, -0.15) is 5.26 Å². The number of nitriles is 1. The minimum atomic E-state index is 0.0480. The Morgan fingerprint density at radius 1 is 1.10 bits per heavy atom. The van der Waals surface area contributed by atoms with Crippen molar-refractivity contribution in [2.75, 3.05) is 0 Å². The highest BCUT2D eigenvalue weighted by molar-refractivity contribution is 8.00. The standard InChI is InChI=1S/C15H22N4S/c16-11-13(12-7-3-1-4-8-12)20-15-18-17-14-9-5-2-6-10-19(14)15/h12-13H,1-10H2. The highest BCUT2D eigenvalue weighted by Crippen LogP contribution is 2.35. The molecular weight excluding hydrogens is 268 g/mol. The van der Waals surface area contributed by atoms with Crippen LogP contribution in [0.2, 0.25) is 0 Å². The molecule has 108 valence electrons. The molecule has 0 N–H and O–H groups in total. The first-order chi connectivity index (χ1) is 9.88. The van der Waals surface area contributed by atoms with E-state index < -0.39 is 0 Å². The lowest BCUT2D eigenvalue weighted by Gasteiger charge is -2.25. The van der Waals surface area contributed by atoms with Crippen LogP contribution < -0.4 is 0 Å². The molecule has 0 radical (unpaired) electrons. The maximum atomic E-state index is 9.51. The van der Waals surface area contributed by atoms with Crippen LogP contribution in [0.15, 0.2) is 5.16 Å². The molecule has 1 atom stereocenters. The van der Waals surface area contributed by atoms with E-state index in [2.05, 4.69) is 20.8 Å². The first-order valence-corrected chi connectivity index (χ1v) is 8.75. The predicted octanol–water partition coefficient (Wildman–Crippen LogP) is 3.57. The van der Waals surface area contributed by atoms with Crippen molar-refractivity contribution in [2.24, 2.45) is 5.92 Å². The fourth-order valence-electron chi connectivity index (χ4n) is 3.32. The van der Waals surface area contributed by atoms with Crippen LogP contribution in [0.3, 0.4) is 0 Å². The molecule has 1 aliphatic carbocycles. The topological polar surface area (TPSA) is 54.5 Å². The quantitative estimate of drug-likeness (QED) is 0.799. The first-order valence-electron chi connectivity index (χ1n) is 7.87. The van der Waals surface area contributed by atoms with Crippen molar-refractivity contribution in [3.8, 4) is 6.07 Å². The van der Waals surface area contributed by atoms with E-state index in [1.807, 2.05) is 0 Å². The van der Waals surface area contributed by atoms with E-state index in [1.54, 1.807) is 11.8 Å². The van der Waals surface area contributed by atoms with Gasteiger partial charge >= 0.3 is 0 Å². The van der Waals surface area contributed by atoms with Crippen LogP contribution in [0, 0.1) is 17.2 Å². The number of nitrogens with zero attached hydrogens (tertiary/aromatic N) is 4. The minimum Gasteiger partial charge on any atom is -0.306 e. The molecule has 1 fully saturated rings. The van der Waals surface area contributed by atoms with Crippen LogP contribution in [0.4, 0.5) is 0 Å². The fourth-order valence-corrected chi connectivity index (χ4v) is 4.48. The highest BCUT2D eigenvalue weighted by Gasteiger charge is 2.27. The van der Waals surface area contributed by atoms with Gasteiger partial charge in [-0.15, -0.1) is 10.2 Å². The summed E-state index contributed by atoms with van der Waals surface area (Å²) in [6.07, 6.45) is 11.0. The third kappa shape index (κ3) is 3.01. The summed E-state index contributed by atoms with van der Waals surface area (Å²) >= 11 is 1.65. The molecule has 0 spiro atoms. The summed E-state index contributed by atoms with van der Waals surface area (Å²) < 4.78 is 2.25. The lowest BCUT2D eigenvalue weighted by molar-refractivity contribution is 0.369. The molecule has 2 aliphatic rings. The minimum absolute atomic E-state index is 0.0480.